The molecule has 3 aromatic heterocycles. The highest BCUT2D eigenvalue weighted by Gasteiger charge is 2.36. The highest BCUT2D eigenvalue weighted by molar-refractivity contribution is 7.90. The number of rotatable bonds is 5. The number of ether oxygens (including phenoxy) is 1. The third-order valence-corrected chi connectivity index (χ3v) is 6.04. The number of aryl methyl sites for hydroxylation is 1. The topological polar surface area (TPSA) is 152 Å². The molecule has 0 aromatic carbocycles. The van der Waals surface area contributed by atoms with Crippen LogP contribution in [-0.4, -0.2) is 47.0 Å². The molecule has 0 aliphatic carbocycles. The molecule has 2 amide bonds. The zero-order valence-electron chi connectivity index (χ0n) is 19.8. The van der Waals surface area contributed by atoms with Crippen molar-refractivity contribution in [1.29, 1.82) is 0 Å². The minimum Gasteiger partial charge on any atom is -0.474 e. The fourth-order valence-corrected chi connectivity index (χ4v) is 4.05. The lowest BCUT2D eigenvalue weighted by atomic mass is 10.1. The van der Waals surface area contributed by atoms with Crippen LogP contribution in [0.1, 0.15) is 26.3 Å². The number of nitrogens with one attached hydrogen (secondary N) is 3. The fraction of sp³-hybridized carbons (Fsp3) is 0.261. The Labute approximate surface area is 202 Å². The fourth-order valence-electron chi connectivity index (χ4n) is 3.39. The van der Waals surface area contributed by atoms with Gasteiger partial charge in [0, 0.05) is 31.0 Å². The lowest BCUT2D eigenvalue weighted by molar-refractivity contribution is -0.129. The molecular formula is C23H24N6O5S. The number of hydrogen-bond donors (Lipinski definition) is 3. The molecule has 182 valence electrons. The van der Waals surface area contributed by atoms with Crippen LogP contribution in [0.4, 0.5) is 23.1 Å². The Morgan fingerprint density at radius 2 is 1.86 bits per heavy atom. The summed E-state index contributed by atoms with van der Waals surface area (Å²) in [6, 6.07) is 8.15. The average molecular weight is 497 g/mol. The van der Waals surface area contributed by atoms with Crippen LogP contribution >= 0.6 is 0 Å². The second-order valence-corrected chi connectivity index (χ2v) is 10.6. The zero-order chi connectivity index (χ0) is 25.5. The number of carbonyl (C=O) groups is 2. The van der Waals surface area contributed by atoms with Gasteiger partial charge in [0.2, 0.25) is 5.91 Å². The van der Waals surface area contributed by atoms with E-state index in [9.17, 15) is 18.0 Å². The molecule has 1 aliphatic heterocycles. The summed E-state index contributed by atoms with van der Waals surface area (Å²) in [5.74, 6) is 0.604. The van der Waals surface area contributed by atoms with Crippen LogP contribution in [0, 0.1) is 6.92 Å². The lowest BCUT2D eigenvalue weighted by Gasteiger charge is -2.31. The maximum atomic E-state index is 12.3. The van der Waals surface area contributed by atoms with Crippen molar-refractivity contribution in [3.8, 4) is 17.0 Å². The van der Waals surface area contributed by atoms with Crippen molar-refractivity contribution in [3.63, 3.8) is 0 Å². The van der Waals surface area contributed by atoms with E-state index in [-0.39, 0.29) is 34.3 Å². The van der Waals surface area contributed by atoms with Gasteiger partial charge in [0.05, 0.1) is 11.4 Å². The minimum atomic E-state index is -3.54. The Bertz CT molecular complexity index is 1470. The molecule has 4 rings (SSSR count). The Morgan fingerprint density at radius 1 is 1.11 bits per heavy atom. The van der Waals surface area contributed by atoms with E-state index in [1.807, 2.05) is 0 Å². The minimum absolute atomic E-state index is 0.0768. The van der Waals surface area contributed by atoms with Crippen LogP contribution in [0.2, 0.25) is 0 Å². The first kappa shape index (κ1) is 24.1. The number of amides is 2. The predicted octanol–water partition coefficient (Wildman–Crippen LogP) is 3.06. The highest BCUT2D eigenvalue weighted by atomic mass is 32.2. The molecule has 3 N–H and O–H groups in total. The second kappa shape index (κ2) is 8.62. The zero-order valence-corrected chi connectivity index (χ0v) is 20.6. The first-order chi connectivity index (χ1) is 16.3. The summed E-state index contributed by atoms with van der Waals surface area (Å²) in [5, 5.41) is 8.40. The van der Waals surface area contributed by atoms with Gasteiger partial charge in [0.25, 0.3) is 5.91 Å². The van der Waals surface area contributed by atoms with Crippen LogP contribution in [0.3, 0.4) is 0 Å². The first-order valence-electron chi connectivity index (χ1n) is 10.6. The summed E-state index contributed by atoms with van der Waals surface area (Å²) in [4.78, 5) is 36.9. The van der Waals surface area contributed by atoms with E-state index < -0.39 is 15.4 Å². The standard InChI is InChI=1S/C23H24N6O5S/c1-12-8-19(28-20(9-12)35(5,32)33)26-16-10-18(25-13(2)30)24-11-14(16)15-6-7-17-21(27-15)29-22(31)23(3,4)34-17/h6-11H,1-5H3,(H,27,29,31)(H2,24,25,26,28,30). The van der Waals surface area contributed by atoms with Gasteiger partial charge in [0.1, 0.15) is 11.6 Å². The summed E-state index contributed by atoms with van der Waals surface area (Å²) in [6.07, 6.45) is 2.59. The third-order valence-electron chi connectivity index (χ3n) is 5.07. The molecule has 1 aliphatic rings. The molecule has 0 unspecified atom stereocenters. The number of aromatic nitrogens is 3. The van der Waals surface area contributed by atoms with Gasteiger partial charge in [-0.15, -0.1) is 0 Å². The summed E-state index contributed by atoms with van der Waals surface area (Å²) >= 11 is 0. The molecule has 0 saturated carbocycles. The van der Waals surface area contributed by atoms with Gasteiger partial charge in [-0.1, -0.05) is 0 Å². The molecule has 0 atom stereocenters. The molecule has 12 heteroatoms. The van der Waals surface area contributed by atoms with Gasteiger partial charge >= 0.3 is 0 Å². The van der Waals surface area contributed by atoms with Crippen LogP contribution in [-0.2, 0) is 19.4 Å². The number of carbonyl (C=O) groups excluding carboxylic acids is 2. The summed E-state index contributed by atoms with van der Waals surface area (Å²) in [5.41, 5.74) is 1.09. The Balaban J connectivity index is 1.80. The Hall–Kier alpha value is -4.06. The van der Waals surface area contributed by atoms with Gasteiger partial charge in [-0.25, -0.2) is 23.4 Å². The van der Waals surface area contributed by atoms with Crippen molar-refractivity contribution in [2.24, 2.45) is 0 Å². The van der Waals surface area contributed by atoms with Gasteiger partial charge < -0.3 is 20.7 Å². The maximum Gasteiger partial charge on any atom is 0.269 e. The molecular weight excluding hydrogens is 472 g/mol. The molecule has 0 saturated heterocycles. The van der Waals surface area contributed by atoms with E-state index >= 15 is 0 Å². The number of sulfone groups is 1. The van der Waals surface area contributed by atoms with Crippen LogP contribution in [0.15, 0.2) is 41.6 Å². The van der Waals surface area contributed by atoms with Crippen molar-refractivity contribution < 1.29 is 22.7 Å². The molecule has 11 nitrogen and oxygen atoms in total. The van der Waals surface area contributed by atoms with Crippen molar-refractivity contribution in [1.82, 2.24) is 15.0 Å². The molecule has 0 fully saturated rings. The number of nitrogens with zero attached hydrogens (tertiary/aromatic N) is 3. The van der Waals surface area contributed by atoms with E-state index in [1.54, 1.807) is 45.0 Å². The molecule has 4 heterocycles. The summed E-state index contributed by atoms with van der Waals surface area (Å²) in [7, 11) is -3.54. The van der Waals surface area contributed by atoms with Gasteiger partial charge in [0.15, 0.2) is 32.0 Å². The van der Waals surface area contributed by atoms with E-state index in [0.29, 0.717) is 28.3 Å². The molecule has 0 radical (unpaired) electrons. The van der Waals surface area contributed by atoms with Crippen LogP contribution < -0.4 is 20.7 Å². The smallest absolute Gasteiger partial charge is 0.269 e. The quantitative estimate of drug-likeness (QED) is 0.484. The molecule has 35 heavy (non-hydrogen) atoms. The van der Waals surface area contributed by atoms with E-state index in [4.69, 9.17) is 4.74 Å². The number of hydrogen-bond acceptors (Lipinski definition) is 9. The molecule has 0 bridgehead atoms. The highest BCUT2D eigenvalue weighted by Crippen LogP contribution is 2.37. The molecule has 0 spiro atoms. The van der Waals surface area contributed by atoms with Gasteiger partial charge in [-0.2, -0.15) is 0 Å². The molecule has 3 aromatic rings. The van der Waals surface area contributed by atoms with Crippen LogP contribution in [0.25, 0.3) is 11.3 Å². The number of fused-ring (bicyclic) bond motifs is 1. The maximum absolute atomic E-state index is 12.3. The SMILES string of the molecule is CC(=O)Nc1cc(Nc2cc(C)cc(S(C)(=O)=O)n2)c(-c2ccc3c(n2)NC(=O)C(C)(C)O3)cn1. The summed E-state index contributed by atoms with van der Waals surface area (Å²) in [6.45, 7) is 6.43. The van der Waals surface area contributed by atoms with Crippen LogP contribution in [0.5, 0.6) is 5.75 Å². The Morgan fingerprint density at radius 3 is 2.54 bits per heavy atom. The predicted molar refractivity (Wildman–Crippen MR) is 130 cm³/mol. The van der Waals surface area contributed by atoms with E-state index in [0.717, 1.165) is 6.26 Å². The van der Waals surface area contributed by atoms with Gasteiger partial charge in [-0.3, -0.25) is 9.59 Å². The Kier molecular flexibility index (Phi) is 5.93. The summed E-state index contributed by atoms with van der Waals surface area (Å²) < 4.78 is 29.9. The number of pyridine rings is 3. The lowest BCUT2D eigenvalue weighted by Crippen LogP contribution is -2.46. The second-order valence-electron chi connectivity index (χ2n) is 8.67. The van der Waals surface area contributed by atoms with E-state index in [1.165, 1.54) is 19.2 Å². The largest absolute Gasteiger partial charge is 0.474 e. The van der Waals surface area contributed by atoms with E-state index in [2.05, 4.69) is 30.9 Å². The van der Waals surface area contributed by atoms with Crippen molar-refractivity contribution in [3.05, 3.63) is 42.1 Å². The normalized spacial score (nSPS) is 14.4. The first-order valence-corrected chi connectivity index (χ1v) is 12.5. The average Bonchev–Trinajstić information content (AvgIpc) is 2.73. The third kappa shape index (κ3) is 5.22. The van der Waals surface area contributed by atoms with Crippen molar-refractivity contribution in [2.45, 2.75) is 38.3 Å². The monoisotopic (exact) mass is 496 g/mol. The van der Waals surface area contributed by atoms with Crippen molar-refractivity contribution in [2.75, 3.05) is 22.2 Å². The number of anilines is 4. The van der Waals surface area contributed by atoms with Crippen molar-refractivity contribution >= 4 is 44.8 Å². The van der Waals surface area contributed by atoms with Gasteiger partial charge in [-0.05, 0) is 50.6 Å².